The first-order valence-corrected chi connectivity index (χ1v) is 6.59. The largest absolute Gasteiger partial charge is 0.356 e. The number of carbonyl (C=O) groups excluding carboxylic acids is 1. The van der Waals surface area contributed by atoms with Crippen LogP contribution in [0.3, 0.4) is 0 Å². The zero-order valence-corrected chi connectivity index (χ0v) is 10.1. The van der Waals surface area contributed by atoms with Gasteiger partial charge in [0, 0.05) is 13.0 Å². The lowest BCUT2D eigenvalue weighted by Crippen LogP contribution is -2.25. The fourth-order valence-corrected chi connectivity index (χ4v) is 2.37. The van der Waals surface area contributed by atoms with Crippen molar-refractivity contribution >= 4 is 5.91 Å². The normalized spacial score (nSPS) is 19.3. The van der Waals surface area contributed by atoms with Gasteiger partial charge in [-0.1, -0.05) is 51.9 Å². The Morgan fingerprint density at radius 2 is 1.73 bits per heavy atom. The summed E-state index contributed by atoms with van der Waals surface area (Å²) in [6, 6.07) is 0. The number of nitrogens with one attached hydrogen (secondary N) is 1. The average molecular weight is 211 g/mol. The molecule has 0 heterocycles. The number of hydrogen-bond donors (Lipinski definition) is 1. The molecule has 0 radical (unpaired) electrons. The fourth-order valence-electron chi connectivity index (χ4n) is 2.37. The van der Waals surface area contributed by atoms with Crippen molar-refractivity contribution in [2.24, 2.45) is 5.92 Å². The number of amides is 1. The lowest BCUT2D eigenvalue weighted by molar-refractivity contribution is -0.120. The van der Waals surface area contributed by atoms with Gasteiger partial charge in [0.2, 0.25) is 5.91 Å². The van der Waals surface area contributed by atoms with Gasteiger partial charge in [0.15, 0.2) is 0 Å². The van der Waals surface area contributed by atoms with E-state index < -0.39 is 0 Å². The third-order valence-corrected chi connectivity index (χ3v) is 3.42. The van der Waals surface area contributed by atoms with Gasteiger partial charge in [0.25, 0.3) is 0 Å². The van der Waals surface area contributed by atoms with Crippen LogP contribution in [0.4, 0.5) is 0 Å². The van der Waals surface area contributed by atoms with Crippen molar-refractivity contribution in [3.05, 3.63) is 0 Å². The molecule has 0 bridgehead atoms. The summed E-state index contributed by atoms with van der Waals surface area (Å²) in [4.78, 5) is 11.1. The van der Waals surface area contributed by atoms with E-state index in [1.165, 1.54) is 51.4 Å². The van der Waals surface area contributed by atoms with Crippen molar-refractivity contribution < 1.29 is 4.79 Å². The van der Waals surface area contributed by atoms with Gasteiger partial charge >= 0.3 is 0 Å². The van der Waals surface area contributed by atoms with Crippen molar-refractivity contribution in [2.75, 3.05) is 6.54 Å². The summed E-state index contributed by atoms with van der Waals surface area (Å²) < 4.78 is 0. The van der Waals surface area contributed by atoms with Crippen molar-refractivity contribution in [1.29, 1.82) is 0 Å². The second-order valence-electron chi connectivity index (χ2n) is 4.70. The zero-order valence-electron chi connectivity index (χ0n) is 10.1. The van der Waals surface area contributed by atoms with Crippen LogP contribution in [-0.4, -0.2) is 12.5 Å². The molecule has 1 saturated carbocycles. The minimum absolute atomic E-state index is 0.195. The van der Waals surface area contributed by atoms with Crippen LogP contribution in [0.2, 0.25) is 0 Å². The maximum absolute atomic E-state index is 11.1. The molecule has 1 aliphatic carbocycles. The van der Waals surface area contributed by atoms with Gasteiger partial charge in [-0.2, -0.15) is 0 Å². The van der Waals surface area contributed by atoms with Crippen LogP contribution >= 0.6 is 0 Å². The Balaban J connectivity index is 2.09. The second-order valence-corrected chi connectivity index (χ2v) is 4.70. The molecular formula is C13H25NO. The number of rotatable bonds is 4. The van der Waals surface area contributed by atoms with Gasteiger partial charge in [-0.15, -0.1) is 0 Å². The molecule has 0 aromatic rings. The average Bonchev–Trinajstić information content (AvgIpc) is 2.20. The van der Waals surface area contributed by atoms with E-state index in [9.17, 15) is 4.79 Å². The van der Waals surface area contributed by atoms with E-state index >= 15 is 0 Å². The Morgan fingerprint density at radius 1 is 1.13 bits per heavy atom. The highest BCUT2D eigenvalue weighted by atomic mass is 16.1. The Labute approximate surface area is 93.8 Å². The molecule has 1 rings (SSSR count). The Bertz CT molecular complexity index is 171. The summed E-state index contributed by atoms with van der Waals surface area (Å²) in [5.74, 6) is 1.06. The molecule has 15 heavy (non-hydrogen) atoms. The SMILES string of the molecule is CCC(=O)NCCC1CCCCCCC1. The molecule has 2 heteroatoms. The van der Waals surface area contributed by atoms with Crippen molar-refractivity contribution in [3.8, 4) is 0 Å². The fraction of sp³-hybridized carbons (Fsp3) is 0.923. The van der Waals surface area contributed by atoms with E-state index in [0.29, 0.717) is 6.42 Å². The highest BCUT2D eigenvalue weighted by molar-refractivity contribution is 5.75. The van der Waals surface area contributed by atoms with Gasteiger partial charge in [0.05, 0.1) is 0 Å². The van der Waals surface area contributed by atoms with Crippen LogP contribution in [0.15, 0.2) is 0 Å². The number of hydrogen-bond acceptors (Lipinski definition) is 1. The lowest BCUT2D eigenvalue weighted by atomic mass is 9.89. The van der Waals surface area contributed by atoms with Gasteiger partial charge in [-0.05, 0) is 12.3 Å². The van der Waals surface area contributed by atoms with Crippen molar-refractivity contribution in [2.45, 2.75) is 64.7 Å². The van der Waals surface area contributed by atoms with Crippen LogP contribution in [-0.2, 0) is 4.79 Å². The van der Waals surface area contributed by atoms with E-state index in [1.807, 2.05) is 6.92 Å². The first kappa shape index (κ1) is 12.5. The first-order valence-electron chi connectivity index (χ1n) is 6.59. The third kappa shape index (κ3) is 5.81. The van der Waals surface area contributed by atoms with E-state index in [-0.39, 0.29) is 5.91 Å². The summed E-state index contributed by atoms with van der Waals surface area (Å²) in [5.41, 5.74) is 0. The first-order chi connectivity index (χ1) is 7.33. The molecule has 0 saturated heterocycles. The topological polar surface area (TPSA) is 29.1 Å². The van der Waals surface area contributed by atoms with Crippen LogP contribution < -0.4 is 5.32 Å². The minimum atomic E-state index is 0.195. The minimum Gasteiger partial charge on any atom is -0.356 e. The summed E-state index contributed by atoms with van der Waals surface area (Å²) in [6.45, 7) is 2.79. The smallest absolute Gasteiger partial charge is 0.219 e. The molecule has 2 nitrogen and oxygen atoms in total. The zero-order chi connectivity index (χ0) is 10.9. The predicted octanol–water partition coefficient (Wildman–Crippen LogP) is 3.26. The molecule has 0 aromatic heterocycles. The molecule has 1 amide bonds. The van der Waals surface area contributed by atoms with Crippen LogP contribution in [0, 0.1) is 5.92 Å². The Morgan fingerprint density at radius 3 is 2.33 bits per heavy atom. The standard InChI is InChI=1S/C13H25NO/c1-2-13(15)14-11-10-12-8-6-4-3-5-7-9-12/h12H,2-11H2,1H3,(H,14,15). The van der Waals surface area contributed by atoms with Crippen molar-refractivity contribution in [1.82, 2.24) is 5.32 Å². The molecule has 0 atom stereocenters. The van der Waals surface area contributed by atoms with Gasteiger partial charge in [-0.3, -0.25) is 4.79 Å². The summed E-state index contributed by atoms with van der Waals surface area (Å²) in [7, 11) is 0. The van der Waals surface area contributed by atoms with Crippen LogP contribution in [0.5, 0.6) is 0 Å². The third-order valence-electron chi connectivity index (χ3n) is 3.42. The van der Waals surface area contributed by atoms with Crippen LogP contribution in [0.1, 0.15) is 64.7 Å². The van der Waals surface area contributed by atoms with E-state index in [1.54, 1.807) is 0 Å². The van der Waals surface area contributed by atoms with E-state index in [2.05, 4.69) is 5.32 Å². The maximum Gasteiger partial charge on any atom is 0.219 e. The lowest BCUT2D eigenvalue weighted by Gasteiger charge is -2.19. The van der Waals surface area contributed by atoms with Crippen LogP contribution in [0.25, 0.3) is 0 Å². The molecule has 1 aliphatic rings. The molecule has 0 aromatic carbocycles. The monoisotopic (exact) mass is 211 g/mol. The Hall–Kier alpha value is -0.530. The highest BCUT2D eigenvalue weighted by Gasteiger charge is 2.11. The Kier molecular flexibility index (Phi) is 6.45. The number of carbonyl (C=O) groups is 1. The maximum atomic E-state index is 11.1. The summed E-state index contributed by atoms with van der Waals surface area (Å²) >= 11 is 0. The van der Waals surface area contributed by atoms with Gasteiger partial charge in [-0.25, -0.2) is 0 Å². The molecule has 88 valence electrons. The molecular weight excluding hydrogens is 186 g/mol. The second kappa shape index (κ2) is 7.72. The summed E-state index contributed by atoms with van der Waals surface area (Å²) in [6.07, 6.45) is 11.6. The van der Waals surface area contributed by atoms with Crippen molar-refractivity contribution in [3.63, 3.8) is 0 Å². The van der Waals surface area contributed by atoms with Gasteiger partial charge in [0.1, 0.15) is 0 Å². The molecule has 0 unspecified atom stereocenters. The summed E-state index contributed by atoms with van der Waals surface area (Å²) in [5, 5.41) is 2.98. The van der Waals surface area contributed by atoms with E-state index in [4.69, 9.17) is 0 Å². The molecule has 1 N–H and O–H groups in total. The van der Waals surface area contributed by atoms with E-state index in [0.717, 1.165) is 12.5 Å². The molecule has 0 aliphatic heterocycles. The van der Waals surface area contributed by atoms with Gasteiger partial charge < -0.3 is 5.32 Å². The molecule has 1 fully saturated rings. The molecule has 0 spiro atoms. The highest BCUT2D eigenvalue weighted by Crippen LogP contribution is 2.24. The predicted molar refractivity (Wildman–Crippen MR) is 63.7 cm³/mol. The quantitative estimate of drug-likeness (QED) is 0.759.